The number of aryl methyl sites for hydroxylation is 1. The number of hydrogen-bond acceptors (Lipinski definition) is 4. The predicted molar refractivity (Wildman–Crippen MR) is 95.2 cm³/mol. The van der Waals surface area contributed by atoms with Crippen LogP contribution in [0.2, 0.25) is 0 Å². The molecule has 2 aromatic heterocycles. The first-order valence-corrected chi connectivity index (χ1v) is 8.45. The van der Waals surface area contributed by atoms with Crippen molar-refractivity contribution in [2.24, 2.45) is 0 Å². The fourth-order valence-electron chi connectivity index (χ4n) is 2.53. The standard InChI is InChI=1S/C19H16F4N4O2/c1-12-24-6-7-27(12)16-4-2-13(8-15(16)20)9-26-18(28)14-3-5-17(25-10-14)29-11-19(21,22)23/h2-8,10H,9,11H2,1H3,(H,26,28). The highest BCUT2D eigenvalue weighted by molar-refractivity contribution is 5.93. The second-order valence-electron chi connectivity index (χ2n) is 6.10. The number of nitrogens with one attached hydrogen (secondary N) is 1. The van der Waals surface area contributed by atoms with Crippen molar-refractivity contribution in [1.82, 2.24) is 19.9 Å². The Morgan fingerprint density at radius 1 is 1.21 bits per heavy atom. The Morgan fingerprint density at radius 3 is 2.59 bits per heavy atom. The van der Waals surface area contributed by atoms with E-state index in [0.29, 0.717) is 17.1 Å². The quantitative estimate of drug-likeness (QED) is 0.633. The third-order valence-corrected chi connectivity index (χ3v) is 3.93. The van der Waals surface area contributed by atoms with Gasteiger partial charge in [-0.1, -0.05) is 6.07 Å². The van der Waals surface area contributed by atoms with Gasteiger partial charge in [-0.25, -0.2) is 14.4 Å². The van der Waals surface area contributed by atoms with E-state index in [1.807, 2.05) is 0 Å². The van der Waals surface area contributed by atoms with Crippen LogP contribution in [0.5, 0.6) is 5.88 Å². The molecule has 0 aliphatic carbocycles. The third kappa shape index (κ3) is 5.31. The van der Waals surface area contributed by atoms with E-state index >= 15 is 0 Å². The first-order valence-electron chi connectivity index (χ1n) is 8.45. The van der Waals surface area contributed by atoms with Crippen LogP contribution >= 0.6 is 0 Å². The van der Waals surface area contributed by atoms with Gasteiger partial charge in [-0.05, 0) is 30.7 Å². The first-order chi connectivity index (χ1) is 13.7. The molecule has 0 aliphatic heterocycles. The second kappa shape index (κ2) is 8.29. The fourth-order valence-corrected chi connectivity index (χ4v) is 2.53. The lowest BCUT2D eigenvalue weighted by Crippen LogP contribution is -2.23. The highest BCUT2D eigenvalue weighted by atomic mass is 19.4. The van der Waals surface area contributed by atoms with Gasteiger partial charge in [-0.2, -0.15) is 13.2 Å². The topological polar surface area (TPSA) is 69.0 Å². The number of alkyl halides is 3. The van der Waals surface area contributed by atoms with E-state index in [9.17, 15) is 22.4 Å². The molecule has 152 valence electrons. The van der Waals surface area contributed by atoms with Crippen molar-refractivity contribution < 1.29 is 27.1 Å². The zero-order chi connectivity index (χ0) is 21.0. The van der Waals surface area contributed by atoms with Crippen molar-refractivity contribution in [3.63, 3.8) is 0 Å². The number of imidazole rings is 1. The largest absolute Gasteiger partial charge is 0.468 e. The average Bonchev–Trinajstić information content (AvgIpc) is 3.10. The summed E-state index contributed by atoms with van der Waals surface area (Å²) in [6.45, 7) is 0.345. The molecule has 3 rings (SSSR count). The van der Waals surface area contributed by atoms with Crippen molar-refractivity contribution in [2.45, 2.75) is 19.6 Å². The zero-order valence-electron chi connectivity index (χ0n) is 15.2. The van der Waals surface area contributed by atoms with Crippen molar-refractivity contribution >= 4 is 5.91 Å². The summed E-state index contributed by atoms with van der Waals surface area (Å²) in [7, 11) is 0. The lowest BCUT2D eigenvalue weighted by atomic mass is 10.2. The molecular weight excluding hydrogens is 392 g/mol. The number of carbonyl (C=O) groups is 1. The molecule has 0 unspecified atom stereocenters. The van der Waals surface area contributed by atoms with Gasteiger partial charge in [0.25, 0.3) is 5.91 Å². The van der Waals surface area contributed by atoms with Crippen LogP contribution in [0.4, 0.5) is 17.6 Å². The summed E-state index contributed by atoms with van der Waals surface area (Å²) in [6, 6.07) is 7.02. The molecule has 2 heterocycles. The molecule has 0 radical (unpaired) electrons. The van der Waals surface area contributed by atoms with Crippen LogP contribution in [0.25, 0.3) is 5.69 Å². The van der Waals surface area contributed by atoms with Gasteiger partial charge in [-0.3, -0.25) is 4.79 Å². The number of halogens is 4. The minimum absolute atomic E-state index is 0.0608. The highest BCUT2D eigenvalue weighted by Crippen LogP contribution is 2.18. The van der Waals surface area contributed by atoms with E-state index in [0.717, 1.165) is 6.20 Å². The minimum atomic E-state index is -4.47. The lowest BCUT2D eigenvalue weighted by molar-refractivity contribution is -0.154. The van der Waals surface area contributed by atoms with Crippen LogP contribution in [-0.4, -0.2) is 33.2 Å². The van der Waals surface area contributed by atoms with Crippen LogP contribution in [0.3, 0.4) is 0 Å². The van der Waals surface area contributed by atoms with Gasteiger partial charge in [0.2, 0.25) is 5.88 Å². The molecule has 1 N–H and O–H groups in total. The maximum Gasteiger partial charge on any atom is 0.422 e. The maximum atomic E-state index is 14.4. The van der Waals surface area contributed by atoms with Crippen LogP contribution in [-0.2, 0) is 6.54 Å². The van der Waals surface area contributed by atoms with Crippen LogP contribution in [0.15, 0.2) is 48.9 Å². The third-order valence-electron chi connectivity index (χ3n) is 3.93. The Labute approximate surface area is 163 Å². The molecule has 0 saturated carbocycles. The number of hydrogen-bond donors (Lipinski definition) is 1. The maximum absolute atomic E-state index is 14.4. The molecule has 29 heavy (non-hydrogen) atoms. The summed E-state index contributed by atoms with van der Waals surface area (Å²) < 4.78 is 56.8. The second-order valence-corrected chi connectivity index (χ2v) is 6.10. The number of pyridine rings is 1. The first kappa shape index (κ1) is 20.3. The van der Waals surface area contributed by atoms with Gasteiger partial charge < -0.3 is 14.6 Å². The minimum Gasteiger partial charge on any atom is -0.468 e. The smallest absolute Gasteiger partial charge is 0.422 e. The molecule has 0 atom stereocenters. The number of aromatic nitrogens is 3. The Kier molecular flexibility index (Phi) is 5.81. The number of ether oxygens (including phenoxy) is 1. The van der Waals surface area contributed by atoms with Crippen LogP contribution in [0.1, 0.15) is 21.7 Å². The van der Waals surface area contributed by atoms with E-state index in [-0.39, 0.29) is 18.0 Å². The average molecular weight is 408 g/mol. The number of nitrogens with zero attached hydrogens (tertiary/aromatic N) is 3. The molecule has 10 heteroatoms. The van der Waals surface area contributed by atoms with Gasteiger partial charge in [0.05, 0.1) is 11.3 Å². The number of rotatable bonds is 6. The molecular formula is C19H16F4N4O2. The fraction of sp³-hybridized carbons (Fsp3) is 0.211. The lowest BCUT2D eigenvalue weighted by Gasteiger charge is -2.10. The van der Waals surface area contributed by atoms with Gasteiger partial charge >= 0.3 is 6.18 Å². The molecule has 0 spiro atoms. The summed E-state index contributed by atoms with van der Waals surface area (Å²) in [6.07, 6.45) is -0.160. The van der Waals surface area contributed by atoms with E-state index in [2.05, 4.69) is 20.0 Å². The van der Waals surface area contributed by atoms with Crippen molar-refractivity contribution in [3.8, 4) is 11.6 Å². The molecule has 3 aromatic rings. The van der Waals surface area contributed by atoms with E-state index in [1.54, 1.807) is 36.0 Å². The summed E-state index contributed by atoms with van der Waals surface area (Å²) >= 11 is 0. The van der Waals surface area contributed by atoms with Crippen LogP contribution in [0, 0.1) is 12.7 Å². The van der Waals surface area contributed by atoms with Crippen molar-refractivity contribution in [1.29, 1.82) is 0 Å². The van der Waals surface area contributed by atoms with Gasteiger partial charge in [0.15, 0.2) is 6.61 Å². The van der Waals surface area contributed by atoms with Gasteiger partial charge in [0.1, 0.15) is 11.6 Å². The zero-order valence-corrected chi connectivity index (χ0v) is 15.2. The number of amides is 1. The Hall–Kier alpha value is -3.43. The van der Waals surface area contributed by atoms with E-state index in [1.165, 1.54) is 18.2 Å². The number of carbonyl (C=O) groups excluding carboxylic acids is 1. The van der Waals surface area contributed by atoms with Crippen LogP contribution < -0.4 is 10.1 Å². The summed E-state index contributed by atoms with van der Waals surface area (Å²) in [5.74, 6) is -0.577. The SMILES string of the molecule is Cc1nccn1-c1ccc(CNC(=O)c2ccc(OCC(F)(F)F)nc2)cc1F. The predicted octanol–water partition coefficient (Wildman–Crippen LogP) is 3.59. The Morgan fingerprint density at radius 2 is 2.00 bits per heavy atom. The molecule has 1 amide bonds. The molecule has 6 nitrogen and oxygen atoms in total. The highest BCUT2D eigenvalue weighted by Gasteiger charge is 2.28. The summed E-state index contributed by atoms with van der Waals surface area (Å²) in [5, 5.41) is 2.60. The molecule has 0 bridgehead atoms. The van der Waals surface area contributed by atoms with Crippen molar-refractivity contribution in [2.75, 3.05) is 6.61 Å². The van der Waals surface area contributed by atoms with E-state index < -0.39 is 24.5 Å². The Bertz CT molecular complexity index is 1000. The Balaban J connectivity index is 1.59. The van der Waals surface area contributed by atoms with Gasteiger partial charge in [-0.15, -0.1) is 0 Å². The normalized spacial score (nSPS) is 11.3. The molecule has 0 fully saturated rings. The number of benzene rings is 1. The monoisotopic (exact) mass is 408 g/mol. The molecule has 0 saturated heterocycles. The summed E-state index contributed by atoms with van der Waals surface area (Å²) in [5.41, 5.74) is 1.01. The summed E-state index contributed by atoms with van der Waals surface area (Å²) in [4.78, 5) is 19.9. The van der Waals surface area contributed by atoms with Gasteiger partial charge in [0, 0.05) is 31.2 Å². The molecule has 0 aliphatic rings. The van der Waals surface area contributed by atoms with E-state index in [4.69, 9.17) is 0 Å². The molecule has 1 aromatic carbocycles. The van der Waals surface area contributed by atoms with Crippen molar-refractivity contribution in [3.05, 3.63) is 71.7 Å².